The van der Waals surface area contributed by atoms with E-state index in [-0.39, 0.29) is 30.2 Å². The molecular formula is C22H28N4O3. The number of amides is 3. The van der Waals surface area contributed by atoms with Gasteiger partial charge in [0.2, 0.25) is 11.8 Å². The van der Waals surface area contributed by atoms with Crippen LogP contribution >= 0.6 is 0 Å². The van der Waals surface area contributed by atoms with E-state index < -0.39 is 6.04 Å². The molecule has 1 saturated carbocycles. The molecule has 4 aliphatic rings. The zero-order valence-corrected chi connectivity index (χ0v) is 16.6. The number of hydrogen-bond donors (Lipinski definition) is 2. The summed E-state index contributed by atoms with van der Waals surface area (Å²) in [5.41, 5.74) is 9.20. The Morgan fingerprint density at radius 3 is 2.69 bits per heavy atom. The fourth-order valence-corrected chi connectivity index (χ4v) is 5.13. The molecule has 0 aromatic heterocycles. The predicted octanol–water partition coefficient (Wildman–Crippen LogP) is 1.01. The van der Waals surface area contributed by atoms with E-state index in [1.807, 2.05) is 12.1 Å². The van der Waals surface area contributed by atoms with Gasteiger partial charge in [-0.25, -0.2) is 0 Å². The van der Waals surface area contributed by atoms with Crippen molar-refractivity contribution in [3.63, 3.8) is 0 Å². The lowest BCUT2D eigenvalue weighted by molar-refractivity contribution is -0.136. The van der Waals surface area contributed by atoms with Crippen LogP contribution in [0.1, 0.15) is 53.6 Å². The van der Waals surface area contributed by atoms with Crippen LogP contribution in [0.2, 0.25) is 0 Å². The molecule has 7 heteroatoms. The smallest absolute Gasteiger partial charge is 0.255 e. The third-order valence-electron chi connectivity index (χ3n) is 6.89. The van der Waals surface area contributed by atoms with Crippen molar-refractivity contribution >= 4 is 17.7 Å². The molecule has 154 valence electrons. The first kappa shape index (κ1) is 18.8. The zero-order chi connectivity index (χ0) is 20.1. The van der Waals surface area contributed by atoms with Gasteiger partial charge in [0, 0.05) is 44.2 Å². The number of benzene rings is 1. The SMILES string of the molecule is N[C@@H]1CN(Cc2ccc3c(c2)CN(C2CCC(=O)NC2=O)C3=O)C[C@H]1CC1CC1. The summed E-state index contributed by atoms with van der Waals surface area (Å²) in [5.74, 6) is 0.752. The molecule has 3 amide bonds. The lowest BCUT2D eigenvalue weighted by Gasteiger charge is -2.29. The van der Waals surface area contributed by atoms with E-state index in [1.165, 1.54) is 24.8 Å². The van der Waals surface area contributed by atoms with Gasteiger partial charge in [-0.2, -0.15) is 0 Å². The summed E-state index contributed by atoms with van der Waals surface area (Å²) < 4.78 is 0. The van der Waals surface area contributed by atoms with Gasteiger partial charge >= 0.3 is 0 Å². The van der Waals surface area contributed by atoms with E-state index in [1.54, 1.807) is 4.90 Å². The van der Waals surface area contributed by atoms with Gasteiger partial charge in [-0.15, -0.1) is 0 Å². The van der Waals surface area contributed by atoms with E-state index in [0.717, 1.165) is 31.1 Å². The van der Waals surface area contributed by atoms with Gasteiger partial charge in [0.25, 0.3) is 5.91 Å². The predicted molar refractivity (Wildman–Crippen MR) is 107 cm³/mol. The highest BCUT2D eigenvalue weighted by Crippen LogP contribution is 2.38. The number of nitrogens with zero attached hydrogens (tertiary/aromatic N) is 2. The average molecular weight is 396 g/mol. The quantitative estimate of drug-likeness (QED) is 0.724. The highest BCUT2D eigenvalue weighted by Gasteiger charge is 2.39. The van der Waals surface area contributed by atoms with Crippen LogP contribution in [-0.2, 0) is 22.7 Å². The summed E-state index contributed by atoms with van der Waals surface area (Å²) in [6.07, 6.45) is 4.67. The number of fused-ring (bicyclic) bond motifs is 1. The van der Waals surface area contributed by atoms with Crippen molar-refractivity contribution in [3.05, 3.63) is 34.9 Å². The Bertz CT molecular complexity index is 866. The monoisotopic (exact) mass is 396 g/mol. The number of likely N-dealkylation sites (tertiary alicyclic amines) is 1. The third-order valence-corrected chi connectivity index (χ3v) is 6.89. The van der Waals surface area contributed by atoms with Crippen LogP contribution in [-0.4, -0.2) is 52.7 Å². The average Bonchev–Trinajstić information content (AvgIpc) is 3.35. The van der Waals surface area contributed by atoms with Gasteiger partial charge in [-0.1, -0.05) is 25.0 Å². The number of carbonyl (C=O) groups excluding carboxylic acids is 3. The van der Waals surface area contributed by atoms with Gasteiger partial charge in [0.15, 0.2) is 0 Å². The van der Waals surface area contributed by atoms with Crippen molar-refractivity contribution in [2.24, 2.45) is 17.6 Å². The van der Waals surface area contributed by atoms with Crippen molar-refractivity contribution in [2.45, 2.75) is 57.3 Å². The number of piperidine rings is 1. The molecule has 2 saturated heterocycles. The molecule has 0 spiro atoms. The summed E-state index contributed by atoms with van der Waals surface area (Å²) >= 11 is 0. The van der Waals surface area contributed by atoms with Crippen molar-refractivity contribution in [2.75, 3.05) is 13.1 Å². The molecule has 3 fully saturated rings. The molecule has 1 aliphatic carbocycles. The van der Waals surface area contributed by atoms with E-state index in [4.69, 9.17) is 5.73 Å². The summed E-state index contributed by atoms with van der Waals surface area (Å²) in [7, 11) is 0. The van der Waals surface area contributed by atoms with Crippen LogP contribution in [0.4, 0.5) is 0 Å². The van der Waals surface area contributed by atoms with Gasteiger partial charge in [-0.3, -0.25) is 24.6 Å². The van der Waals surface area contributed by atoms with Gasteiger partial charge in [-0.05, 0) is 41.9 Å². The van der Waals surface area contributed by atoms with E-state index in [2.05, 4.69) is 16.3 Å². The maximum Gasteiger partial charge on any atom is 0.255 e. The van der Waals surface area contributed by atoms with E-state index >= 15 is 0 Å². The fraction of sp³-hybridized carbons (Fsp3) is 0.591. The molecular weight excluding hydrogens is 368 g/mol. The number of carbonyl (C=O) groups is 3. The Labute approximate surface area is 170 Å². The fourth-order valence-electron chi connectivity index (χ4n) is 5.13. The van der Waals surface area contributed by atoms with E-state index in [9.17, 15) is 14.4 Å². The number of rotatable bonds is 5. The van der Waals surface area contributed by atoms with Crippen molar-refractivity contribution in [1.29, 1.82) is 0 Å². The lowest BCUT2D eigenvalue weighted by Crippen LogP contribution is -2.52. The molecule has 29 heavy (non-hydrogen) atoms. The second-order valence-electron chi connectivity index (χ2n) is 9.19. The Balaban J connectivity index is 1.25. The van der Waals surface area contributed by atoms with Crippen LogP contribution in [0.25, 0.3) is 0 Å². The van der Waals surface area contributed by atoms with Crippen LogP contribution in [0.5, 0.6) is 0 Å². The first-order chi connectivity index (χ1) is 14.0. The number of nitrogens with one attached hydrogen (secondary N) is 1. The van der Waals surface area contributed by atoms with Gasteiger partial charge in [0.05, 0.1) is 0 Å². The second kappa shape index (κ2) is 7.22. The highest BCUT2D eigenvalue weighted by molar-refractivity contribution is 6.05. The van der Waals surface area contributed by atoms with Crippen molar-refractivity contribution in [1.82, 2.24) is 15.1 Å². The molecule has 1 unspecified atom stereocenters. The zero-order valence-electron chi connectivity index (χ0n) is 16.6. The number of hydrogen-bond acceptors (Lipinski definition) is 5. The lowest BCUT2D eigenvalue weighted by atomic mass is 9.98. The minimum absolute atomic E-state index is 0.117. The minimum Gasteiger partial charge on any atom is -0.326 e. The van der Waals surface area contributed by atoms with E-state index in [0.29, 0.717) is 24.4 Å². The van der Waals surface area contributed by atoms with Crippen LogP contribution in [0, 0.1) is 11.8 Å². The van der Waals surface area contributed by atoms with Gasteiger partial charge < -0.3 is 10.6 Å². The normalized spacial score (nSPS) is 30.0. The number of nitrogens with two attached hydrogens (primary N) is 1. The molecule has 1 aromatic carbocycles. The molecule has 3 aliphatic heterocycles. The van der Waals surface area contributed by atoms with Crippen molar-refractivity contribution in [3.8, 4) is 0 Å². The second-order valence-corrected chi connectivity index (χ2v) is 9.19. The summed E-state index contributed by atoms with van der Waals surface area (Å²) in [5, 5.41) is 2.35. The molecule has 0 bridgehead atoms. The van der Waals surface area contributed by atoms with Crippen LogP contribution in [0.15, 0.2) is 18.2 Å². The maximum atomic E-state index is 12.8. The van der Waals surface area contributed by atoms with Crippen molar-refractivity contribution < 1.29 is 14.4 Å². The maximum absolute atomic E-state index is 12.8. The molecule has 3 N–H and O–H groups in total. The first-order valence-electron chi connectivity index (χ1n) is 10.7. The highest BCUT2D eigenvalue weighted by atomic mass is 16.2. The molecule has 7 nitrogen and oxygen atoms in total. The Kier molecular flexibility index (Phi) is 4.67. The largest absolute Gasteiger partial charge is 0.326 e. The minimum atomic E-state index is -0.559. The Morgan fingerprint density at radius 2 is 1.93 bits per heavy atom. The molecule has 0 radical (unpaired) electrons. The topological polar surface area (TPSA) is 95.7 Å². The molecule has 1 aromatic rings. The Hall–Kier alpha value is -2.25. The Morgan fingerprint density at radius 1 is 1.10 bits per heavy atom. The molecule has 5 rings (SSSR count). The standard InChI is InChI=1S/C22H28N4O3/c23-18-12-25(10-16(18)7-13-1-2-13)9-14-3-4-17-15(8-14)11-26(22(17)29)19-5-6-20(27)24-21(19)28/h3-4,8,13,16,18-19H,1-2,5-7,9-12,23H2,(H,24,27,28)/t16-,18-,19?/m1/s1. The van der Waals surface area contributed by atoms with Gasteiger partial charge in [0.1, 0.15) is 6.04 Å². The van der Waals surface area contributed by atoms with Crippen LogP contribution in [0.3, 0.4) is 0 Å². The third kappa shape index (κ3) is 3.69. The van der Waals surface area contributed by atoms with Crippen LogP contribution < -0.4 is 11.1 Å². The summed E-state index contributed by atoms with van der Waals surface area (Å²) in [6.45, 7) is 3.25. The summed E-state index contributed by atoms with van der Waals surface area (Å²) in [6, 6.07) is 5.70. The first-order valence-corrected chi connectivity index (χ1v) is 10.7. The summed E-state index contributed by atoms with van der Waals surface area (Å²) in [4.78, 5) is 40.4. The molecule has 3 heterocycles. The molecule has 3 atom stereocenters. The number of imide groups is 1.